The molecule has 0 bridgehead atoms. The van der Waals surface area contributed by atoms with E-state index in [2.05, 4.69) is 11.1 Å². The summed E-state index contributed by atoms with van der Waals surface area (Å²) < 4.78 is 5.04. The van der Waals surface area contributed by atoms with Gasteiger partial charge < -0.3 is 9.64 Å². The van der Waals surface area contributed by atoms with Crippen LogP contribution >= 0.6 is 11.6 Å². The summed E-state index contributed by atoms with van der Waals surface area (Å²) in [7, 11) is 0. The molecule has 3 rings (SSSR count). The first-order valence-electron chi connectivity index (χ1n) is 10.1. The van der Waals surface area contributed by atoms with Crippen molar-refractivity contribution in [3.8, 4) is 11.1 Å². The third kappa shape index (κ3) is 5.36. The van der Waals surface area contributed by atoms with Crippen LogP contribution in [0, 0.1) is 12.8 Å². The zero-order valence-corrected chi connectivity index (χ0v) is 18.0. The van der Waals surface area contributed by atoms with E-state index < -0.39 is 0 Å². The quantitative estimate of drug-likeness (QED) is 0.468. The number of hydrogen-bond acceptors (Lipinski definition) is 4. The number of rotatable bonds is 8. The van der Waals surface area contributed by atoms with E-state index in [1.54, 1.807) is 13.1 Å². The summed E-state index contributed by atoms with van der Waals surface area (Å²) in [4.78, 5) is 30.7. The van der Waals surface area contributed by atoms with Crippen LogP contribution in [0.25, 0.3) is 11.1 Å². The van der Waals surface area contributed by atoms with Gasteiger partial charge in [-0.1, -0.05) is 35.4 Å². The van der Waals surface area contributed by atoms with Crippen molar-refractivity contribution in [3.05, 3.63) is 52.3 Å². The number of halogens is 1. The first-order chi connectivity index (χ1) is 13.9. The Labute approximate surface area is 177 Å². The smallest absolute Gasteiger partial charge is 0.310 e. The van der Waals surface area contributed by atoms with Gasteiger partial charge in [-0.3, -0.25) is 9.59 Å². The van der Waals surface area contributed by atoms with Crippen LogP contribution in [0.1, 0.15) is 43.4 Å². The number of hydrogen-bond donors (Lipinski definition) is 0. The molecule has 29 heavy (non-hydrogen) atoms. The Hall–Kier alpha value is -2.40. The van der Waals surface area contributed by atoms with Crippen molar-refractivity contribution >= 4 is 23.5 Å². The van der Waals surface area contributed by atoms with Crippen molar-refractivity contribution in [2.75, 3.05) is 13.2 Å². The van der Waals surface area contributed by atoms with Crippen molar-refractivity contribution in [1.82, 2.24) is 9.88 Å². The number of pyridine rings is 1. The summed E-state index contributed by atoms with van der Waals surface area (Å²) in [6, 6.07) is 8.01. The fraction of sp³-hybridized carbons (Fsp3) is 0.435. The molecule has 0 atom stereocenters. The lowest BCUT2D eigenvalue weighted by Gasteiger charge is -2.23. The van der Waals surface area contributed by atoms with Crippen molar-refractivity contribution < 1.29 is 14.3 Å². The molecule has 1 aromatic carbocycles. The summed E-state index contributed by atoms with van der Waals surface area (Å²) in [5.74, 6) is 0.112. The van der Waals surface area contributed by atoms with Gasteiger partial charge in [0.15, 0.2) is 0 Å². The minimum absolute atomic E-state index is 0.146. The molecule has 1 aliphatic carbocycles. The van der Waals surface area contributed by atoms with Crippen LogP contribution < -0.4 is 0 Å². The Kier molecular flexibility index (Phi) is 6.91. The van der Waals surface area contributed by atoms with Crippen LogP contribution in [0.5, 0.6) is 0 Å². The van der Waals surface area contributed by atoms with Gasteiger partial charge in [-0.15, -0.1) is 0 Å². The Balaban J connectivity index is 1.94. The van der Waals surface area contributed by atoms with Crippen molar-refractivity contribution in [2.24, 2.45) is 5.92 Å². The number of esters is 1. The fourth-order valence-electron chi connectivity index (χ4n) is 3.41. The maximum atomic E-state index is 12.6. The molecular weight excluding hydrogens is 388 g/mol. The molecular formula is C23H27ClN2O3. The van der Waals surface area contributed by atoms with Gasteiger partial charge in [0.1, 0.15) is 5.15 Å². The molecule has 0 aliphatic heterocycles. The first-order valence-corrected chi connectivity index (χ1v) is 10.5. The zero-order valence-electron chi connectivity index (χ0n) is 17.2. The highest BCUT2D eigenvalue weighted by atomic mass is 35.5. The minimum atomic E-state index is -0.293. The summed E-state index contributed by atoms with van der Waals surface area (Å²) in [6.45, 7) is 7.35. The highest BCUT2D eigenvalue weighted by Crippen LogP contribution is 2.34. The van der Waals surface area contributed by atoms with Crippen LogP contribution in [0.15, 0.2) is 30.5 Å². The largest absolute Gasteiger partial charge is 0.466 e. The lowest BCUT2D eigenvalue weighted by atomic mass is 9.97. The number of aromatic nitrogens is 1. The van der Waals surface area contributed by atoms with Crippen molar-refractivity contribution in [1.29, 1.82) is 0 Å². The highest BCUT2D eigenvalue weighted by Gasteiger charge is 2.33. The Morgan fingerprint density at radius 1 is 1.21 bits per heavy atom. The molecule has 1 heterocycles. The van der Waals surface area contributed by atoms with Crippen LogP contribution in [0.3, 0.4) is 0 Å². The molecule has 0 unspecified atom stereocenters. The lowest BCUT2D eigenvalue weighted by Crippen LogP contribution is -2.31. The lowest BCUT2D eigenvalue weighted by molar-refractivity contribution is -0.142. The van der Waals surface area contributed by atoms with Gasteiger partial charge in [-0.25, -0.2) is 4.98 Å². The summed E-state index contributed by atoms with van der Waals surface area (Å²) in [5.41, 5.74) is 4.58. The van der Waals surface area contributed by atoms with E-state index in [1.807, 2.05) is 36.9 Å². The second-order valence-electron chi connectivity index (χ2n) is 7.45. The van der Waals surface area contributed by atoms with E-state index in [1.165, 1.54) is 0 Å². The molecule has 154 valence electrons. The Morgan fingerprint density at radius 2 is 1.97 bits per heavy atom. The molecule has 1 fully saturated rings. The van der Waals surface area contributed by atoms with E-state index in [0.29, 0.717) is 24.8 Å². The van der Waals surface area contributed by atoms with Crippen molar-refractivity contribution in [2.45, 2.75) is 46.6 Å². The monoisotopic (exact) mass is 414 g/mol. The Bertz CT molecular complexity index is 909. The first kappa shape index (κ1) is 21.3. The molecule has 1 aliphatic rings. The molecule has 5 nitrogen and oxygen atoms in total. The molecule has 0 N–H and O–H groups in total. The van der Waals surface area contributed by atoms with E-state index >= 15 is 0 Å². The van der Waals surface area contributed by atoms with Gasteiger partial charge in [-0.05, 0) is 56.4 Å². The second kappa shape index (κ2) is 9.40. The molecule has 1 amide bonds. The average Bonchev–Trinajstić information content (AvgIpc) is 3.53. The van der Waals surface area contributed by atoms with Crippen molar-refractivity contribution in [3.63, 3.8) is 0 Å². The zero-order chi connectivity index (χ0) is 21.0. The van der Waals surface area contributed by atoms with E-state index in [9.17, 15) is 9.59 Å². The van der Waals surface area contributed by atoms with Gasteiger partial charge in [0.25, 0.3) is 0 Å². The van der Waals surface area contributed by atoms with E-state index in [-0.39, 0.29) is 24.2 Å². The van der Waals surface area contributed by atoms with Gasteiger partial charge in [0, 0.05) is 30.8 Å². The Morgan fingerprint density at radius 3 is 2.62 bits per heavy atom. The molecule has 0 saturated heterocycles. The van der Waals surface area contributed by atoms with Gasteiger partial charge >= 0.3 is 5.97 Å². The fourth-order valence-corrected chi connectivity index (χ4v) is 3.62. The number of benzene rings is 1. The third-order valence-electron chi connectivity index (χ3n) is 5.08. The predicted octanol–water partition coefficient (Wildman–Crippen LogP) is 4.57. The average molecular weight is 415 g/mol. The molecule has 6 heteroatoms. The summed E-state index contributed by atoms with van der Waals surface area (Å²) in [5, 5.41) is 0.374. The highest BCUT2D eigenvalue weighted by molar-refractivity contribution is 6.32. The van der Waals surface area contributed by atoms with Crippen LogP contribution in [0.4, 0.5) is 0 Å². The molecule has 1 aromatic heterocycles. The SMILES string of the molecule is CCOC(=O)Cc1cnc(Cl)c(-c2ccc(C)cc2CN(CC)C(=O)C2CC2)c1. The maximum Gasteiger partial charge on any atom is 0.310 e. The summed E-state index contributed by atoms with van der Waals surface area (Å²) >= 11 is 6.43. The number of carbonyl (C=O) groups excluding carboxylic acids is 2. The predicted molar refractivity (Wildman–Crippen MR) is 114 cm³/mol. The molecule has 1 saturated carbocycles. The number of carbonyl (C=O) groups is 2. The van der Waals surface area contributed by atoms with Gasteiger partial charge in [0.05, 0.1) is 13.0 Å². The number of amides is 1. The molecule has 0 spiro atoms. The van der Waals surface area contributed by atoms with E-state index in [4.69, 9.17) is 16.3 Å². The number of ether oxygens (including phenoxy) is 1. The van der Waals surface area contributed by atoms with Gasteiger partial charge in [0.2, 0.25) is 5.91 Å². The maximum absolute atomic E-state index is 12.6. The minimum Gasteiger partial charge on any atom is -0.466 e. The van der Waals surface area contributed by atoms with Gasteiger partial charge in [-0.2, -0.15) is 0 Å². The summed E-state index contributed by atoms with van der Waals surface area (Å²) in [6.07, 6.45) is 3.72. The van der Waals surface area contributed by atoms with Crippen LogP contribution in [-0.2, 0) is 27.3 Å². The molecule has 2 aromatic rings. The topological polar surface area (TPSA) is 59.5 Å². The van der Waals surface area contributed by atoms with Crippen LogP contribution in [0.2, 0.25) is 5.15 Å². The second-order valence-corrected chi connectivity index (χ2v) is 7.81. The number of aryl methyl sites for hydroxylation is 1. The van der Waals surface area contributed by atoms with Crippen LogP contribution in [-0.4, -0.2) is 34.9 Å². The normalized spacial score (nSPS) is 13.2. The third-order valence-corrected chi connectivity index (χ3v) is 5.38. The van der Waals surface area contributed by atoms with E-state index in [0.717, 1.165) is 40.7 Å². The number of nitrogens with zero attached hydrogens (tertiary/aromatic N) is 2. The molecule has 0 radical (unpaired) electrons. The standard InChI is InChI=1S/C23H27ClN2O3/c1-4-26(23(28)17-7-8-17)14-18-10-15(3)6-9-19(18)20-11-16(13-25-22(20)24)12-21(27)29-5-2/h6,9-11,13,17H,4-5,7-8,12,14H2,1-3H3.